The number of aromatic nitrogens is 2. The van der Waals surface area contributed by atoms with Gasteiger partial charge in [-0.1, -0.05) is 6.07 Å². The van der Waals surface area contributed by atoms with Crippen molar-refractivity contribution in [1.29, 1.82) is 0 Å². The Kier molecular flexibility index (Phi) is 13.7. The van der Waals surface area contributed by atoms with Gasteiger partial charge in [0.1, 0.15) is 18.1 Å². The topological polar surface area (TPSA) is 189 Å². The van der Waals surface area contributed by atoms with E-state index >= 15 is 0 Å². The number of amides is 4. The highest BCUT2D eigenvalue weighted by Gasteiger charge is 2.45. The average molecular weight is 726 g/mol. The number of piperidine rings is 1. The normalized spacial score (nSPS) is 20.8. The Morgan fingerprint density at radius 2 is 1.65 bits per heavy atom. The number of carbonyl (C=O) groups is 4. The number of hydrogen-bond acceptors (Lipinski definition) is 13. The van der Waals surface area contributed by atoms with E-state index in [4.69, 9.17) is 34.4 Å². The summed E-state index contributed by atoms with van der Waals surface area (Å²) in [7, 11) is 0. The molecule has 5 heterocycles. The molecule has 1 aromatic carbocycles. The van der Waals surface area contributed by atoms with E-state index in [1.54, 1.807) is 18.2 Å². The average Bonchev–Trinajstić information content (AvgIpc) is 3.93. The first-order chi connectivity index (χ1) is 25.4. The van der Waals surface area contributed by atoms with Crippen molar-refractivity contribution in [2.24, 2.45) is 5.73 Å². The van der Waals surface area contributed by atoms with E-state index < -0.39 is 35.9 Å². The van der Waals surface area contributed by atoms with Gasteiger partial charge in [-0.2, -0.15) is 0 Å². The van der Waals surface area contributed by atoms with Crippen molar-refractivity contribution in [1.82, 2.24) is 24.7 Å². The lowest BCUT2D eigenvalue weighted by molar-refractivity contribution is -0.136. The Labute approximate surface area is 303 Å². The first-order valence-corrected chi connectivity index (χ1v) is 18.5. The molecule has 2 aromatic rings. The number of nitrogens with two attached hydrogens (primary N) is 1. The molecule has 6 rings (SSSR count). The summed E-state index contributed by atoms with van der Waals surface area (Å²) in [5.41, 5.74) is 8.25. The highest BCUT2D eigenvalue weighted by molar-refractivity contribution is 6.25. The van der Waals surface area contributed by atoms with E-state index in [0.717, 1.165) is 37.4 Å². The zero-order chi connectivity index (χ0) is 36.3. The number of imidazole rings is 1. The molecule has 284 valence electrons. The van der Waals surface area contributed by atoms with Gasteiger partial charge in [0, 0.05) is 50.2 Å². The lowest BCUT2D eigenvalue weighted by atomic mass is 10.0. The van der Waals surface area contributed by atoms with Crippen LogP contribution in [0.4, 0.5) is 5.69 Å². The second kappa shape index (κ2) is 18.8. The Morgan fingerprint density at radius 3 is 2.50 bits per heavy atom. The van der Waals surface area contributed by atoms with Gasteiger partial charge >= 0.3 is 0 Å². The minimum absolute atomic E-state index is 0.0659. The molecule has 1 aromatic heterocycles. The van der Waals surface area contributed by atoms with Crippen LogP contribution in [0.5, 0.6) is 0 Å². The molecule has 0 radical (unpaired) electrons. The molecule has 16 heteroatoms. The number of rotatable bonds is 22. The predicted molar refractivity (Wildman–Crippen MR) is 188 cm³/mol. The molecular weight excluding hydrogens is 674 g/mol. The summed E-state index contributed by atoms with van der Waals surface area (Å²) < 4.78 is 30.5. The van der Waals surface area contributed by atoms with Gasteiger partial charge in [-0.15, -0.1) is 0 Å². The van der Waals surface area contributed by atoms with Gasteiger partial charge in [0.2, 0.25) is 11.8 Å². The smallest absolute Gasteiger partial charge is 0.264 e. The standard InChI is InChI=1S/C36H51N7O9/c37-30(52-22-21-50-18-17-48-15-4-13-41-12-3-8-28(41)33-39-23-25-5-2-14-42(25)33)24-51-20-19-49-16-11-38-27-7-1-6-26-32(27)36(47)43(35(26)46)29-9-10-31(44)40-34(29)45/h1,6-7,23,28-30,38H,2-5,8-22,24,37H2,(H,40,44,45)/t28-,29?,30?/m0/s1. The second-order valence-electron chi connectivity index (χ2n) is 13.3. The molecule has 0 bridgehead atoms. The van der Waals surface area contributed by atoms with Gasteiger partial charge in [0.25, 0.3) is 11.8 Å². The van der Waals surface area contributed by atoms with Crippen molar-refractivity contribution in [3.05, 3.63) is 47.0 Å². The van der Waals surface area contributed by atoms with Crippen LogP contribution in [0.2, 0.25) is 0 Å². The van der Waals surface area contributed by atoms with Crippen molar-refractivity contribution in [3.8, 4) is 0 Å². The van der Waals surface area contributed by atoms with E-state index in [-0.39, 0.29) is 30.6 Å². The highest BCUT2D eigenvalue weighted by Crippen LogP contribution is 2.34. The fourth-order valence-corrected chi connectivity index (χ4v) is 7.29. The van der Waals surface area contributed by atoms with E-state index in [9.17, 15) is 19.2 Å². The van der Waals surface area contributed by atoms with Crippen LogP contribution >= 0.6 is 0 Å². The lowest BCUT2D eigenvalue weighted by Gasteiger charge is -2.27. The van der Waals surface area contributed by atoms with E-state index in [1.807, 2.05) is 0 Å². The molecule has 2 saturated heterocycles. The number of ether oxygens (including phenoxy) is 5. The largest absolute Gasteiger partial charge is 0.382 e. The molecule has 2 unspecified atom stereocenters. The number of aryl methyl sites for hydroxylation is 1. The summed E-state index contributed by atoms with van der Waals surface area (Å²) in [6.45, 7) is 7.31. The summed E-state index contributed by atoms with van der Waals surface area (Å²) in [5.74, 6) is -0.918. The summed E-state index contributed by atoms with van der Waals surface area (Å²) in [4.78, 5) is 58.2. The van der Waals surface area contributed by atoms with Crippen LogP contribution in [0.25, 0.3) is 0 Å². The third-order valence-corrected chi connectivity index (χ3v) is 9.80. The molecule has 4 aliphatic heterocycles. The molecule has 3 atom stereocenters. The van der Waals surface area contributed by atoms with Crippen molar-refractivity contribution in [2.45, 2.75) is 69.8 Å². The zero-order valence-corrected chi connectivity index (χ0v) is 29.7. The third-order valence-electron chi connectivity index (χ3n) is 9.80. The van der Waals surface area contributed by atoms with Crippen LogP contribution in [-0.2, 0) is 46.2 Å². The van der Waals surface area contributed by atoms with Crippen LogP contribution in [-0.4, -0.2) is 134 Å². The summed E-state index contributed by atoms with van der Waals surface area (Å²) in [5, 5.41) is 5.34. The fourth-order valence-electron chi connectivity index (χ4n) is 7.29. The molecule has 16 nitrogen and oxygen atoms in total. The number of likely N-dealkylation sites (tertiary alicyclic amines) is 1. The van der Waals surface area contributed by atoms with Crippen LogP contribution in [0.15, 0.2) is 24.4 Å². The number of hydrogen-bond donors (Lipinski definition) is 3. The Morgan fingerprint density at radius 1 is 0.865 bits per heavy atom. The molecule has 2 fully saturated rings. The Balaban J connectivity index is 0.742. The van der Waals surface area contributed by atoms with Crippen molar-refractivity contribution < 1.29 is 42.9 Å². The van der Waals surface area contributed by atoms with Crippen LogP contribution in [0.1, 0.15) is 76.8 Å². The number of carbonyl (C=O) groups excluding carboxylic acids is 4. The van der Waals surface area contributed by atoms with Crippen molar-refractivity contribution in [3.63, 3.8) is 0 Å². The summed E-state index contributed by atoms with van der Waals surface area (Å²) in [6, 6.07) is 4.34. The molecule has 4 aliphatic rings. The number of benzene rings is 1. The maximum atomic E-state index is 13.2. The highest BCUT2D eigenvalue weighted by atomic mass is 16.6. The van der Waals surface area contributed by atoms with Gasteiger partial charge in [-0.3, -0.25) is 34.3 Å². The van der Waals surface area contributed by atoms with Crippen molar-refractivity contribution >= 4 is 29.3 Å². The number of nitrogens with zero attached hydrogens (tertiary/aromatic N) is 4. The van der Waals surface area contributed by atoms with Crippen LogP contribution in [0, 0.1) is 0 Å². The van der Waals surface area contributed by atoms with Gasteiger partial charge in [-0.25, -0.2) is 4.98 Å². The quantitative estimate of drug-likeness (QED) is 0.0895. The molecule has 0 spiro atoms. The number of anilines is 1. The maximum Gasteiger partial charge on any atom is 0.264 e. The minimum Gasteiger partial charge on any atom is -0.382 e. The number of imide groups is 2. The van der Waals surface area contributed by atoms with Crippen LogP contribution < -0.4 is 16.4 Å². The Hall–Kier alpha value is -3.77. The minimum atomic E-state index is -1.01. The Bertz CT molecular complexity index is 1550. The van der Waals surface area contributed by atoms with Gasteiger partial charge < -0.3 is 39.3 Å². The predicted octanol–water partition coefficient (Wildman–Crippen LogP) is 1.24. The van der Waals surface area contributed by atoms with Gasteiger partial charge in [-0.05, 0) is 57.2 Å². The number of nitrogens with one attached hydrogen (secondary N) is 2. The first-order valence-electron chi connectivity index (χ1n) is 18.5. The van der Waals surface area contributed by atoms with Crippen molar-refractivity contribution in [2.75, 3.05) is 84.4 Å². The molecule has 4 N–H and O–H groups in total. The molecule has 52 heavy (non-hydrogen) atoms. The zero-order valence-electron chi connectivity index (χ0n) is 29.7. The molecular formula is C36H51N7O9. The monoisotopic (exact) mass is 725 g/mol. The molecule has 0 saturated carbocycles. The van der Waals surface area contributed by atoms with E-state index in [1.165, 1.54) is 30.8 Å². The molecule has 0 aliphatic carbocycles. The maximum absolute atomic E-state index is 13.2. The van der Waals surface area contributed by atoms with Gasteiger partial charge in [0.15, 0.2) is 0 Å². The van der Waals surface area contributed by atoms with E-state index in [2.05, 4.69) is 26.3 Å². The first kappa shape index (κ1) is 38.0. The number of fused-ring (bicyclic) bond motifs is 2. The fraction of sp³-hybridized carbons (Fsp3) is 0.639. The second-order valence-corrected chi connectivity index (χ2v) is 13.3. The summed E-state index contributed by atoms with van der Waals surface area (Å²) >= 11 is 0. The lowest BCUT2D eigenvalue weighted by Crippen LogP contribution is -2.54. The van der Waals surface area contributed by atoms with Crippen LogP contribution in [0.3, 0.4) is 0 Å². The van der Waals surface area contributed by atoms with Gasteiger partial charge in [0.05, 0.1) is 70.0 Å². The SMILES string of the molecule is NC(COCCOCCNc1cccc2c1C(=O)N(C1CCC(=O)NC1=O)C2=O)OCCOCCOCCCN1CCC[C@H]1c1ncc2n1CCC2. The summed E-state index contributed by atoms with van der Waals surface area (Å²) in [6.07, 6.45) is 7.42. The molecule has 4 amide bonds. The van der Waals surface area contributed by atoms with E-state index in [0.29, 0.717) is 71.1 Å². The third kappa shape index (κ3) is 9.41.